The van der Waals surface area contributed by atoms with Gasteiger partial charge < -0.3 is 20.5 Å². The van der Waals surface area contributed by atoms with E-state index in [0.29, 0.717) is 0 Å². The number of nitrogens with zero attached hydrogens (tertiary/aromatic N) is 1. The first-order valence-electron chi connectivity index (χ1n) is 6.23. The number of likely N-dealkylation sites (tertiary alicyclic amines) is 1. The van der Waals surface area contributed by atoms with E-state index >= 15 is 0 Å². The van der Waals surface area contributed by atoms with Crippen molar-refractivity contribution in [2.24, 2.45) is 17.6 Å². The molecule has 7 heteroatoms. The Hall–Kier alpha value is -1.63. The van der Waals surface area contributed by atoms with Gasteiger partial charge in [0.25, 0.3) is 0 Å². The maximum Gasteiger partial charge on any atom is 0.308 e. The lowest BCUT2D eigenvalue weighted by Gasteiger charge is -2.40. The van der Waals surface area contributed by atoms with Crippen LogP contribution in [-0.4, -0.2) is 53.6 Å². The standard InChI is InChI=1S/C12H20N2O5/c1-7-5-10(16)14(3-4-19-6-9(13)15)8(2)11(7)12(17)18/h7-8,11H,3-6H2,1-2H3,(H2,13,15)(H,17,18). The summed E-state index contributed by atoms with van der Waals surface area (Å²) in [4.78, 5) is 35.1. The summed E-state index contributed by atoms with van der Waals surface area (Å²) in [5.41, 5.74) is 4.92. The van der Waals surface area contributed by atoms with Crippen molar-refractivity contribution >= 4 is 17.8 Å². The number of amides is 2. The van der Waals surface area contributed by atoms with Gasteiger partial charge in [-0.3, -0.25) is 14.4 Å². The smallest absolute Gasteiger partial charge is 0.308 e. The Morgan fingerprint density at radius 3 is 2.63 bits per heavy atom. The number of aliphatic carboxylic acids is 1. The van der Waals surface area contributed by atoms with Crippen LogP contribution >= 0.6 is 0 Å². The highest BCUT2D eigenvalue weighted by atomic mass is 16.5. The molecule has 1 aliphatic rings. The van der Waals surface area contributed by atoms with Crippen LogP contribution in [0.25, 0.3) is 0 Å². The first kappa shape index (κ1) is 15.4. The molecule has 0 aromatic rings. The van der Waals surface area contributed by atoms with Crippen LogP contribution in [0.2, 0.25) is 0 Å². The van der Waals surface area contributed by atoms with Crippen LogP contribution in [0.1, 0.15) is 20.3 Å². The number of carboxylic acids is 1. The number of carboxylic acid groups (broad SMARTS) is 1. The number of nitrogens with two attached hydrogens (primary N) is 1. The Balaban J connectivity index is 2.58. The van der Waals surface area contributed by atoms with E-state index in [1.807, 2.05) is 0 Å². The average Bonchev–Trinajstić information content (AvgIpc) is 2.26. The normalized spacial score (nSPS) is 27.4. The molecule has 3 unspecified atom stereocenters. The Morgan fingerprint density at radius 1 is 1.47 bits per heavy atom. The van der Waals surface area contributed by atoms with Gasteiger partial charge in [-0.25, -0.2) is 0 Å². The maximum absolute atomic E-state index is 11.9. The Labute approximate surface area is 111 Å². The fourth-order valence-electron chi connectivity index (χ4n) is 2.53. The summed E-state index contributed by atoms with van der Waals surface area (Å²) in [6, 6.07) is -0.383. The zero-order valence-corrected chi connectivity index (χ0v) is 11.2. The molecule has 0 aromatic carbocycles. The van der Waals surface area contributed by atoms with E-state index < -0.39 is 17.8 Å². The largest absolute Gasteiger partial charge is 0.481 e. The molecule has 0 saturated carbocycles. The van der Waals surface area contributed by atoms with Gasteiger partial charge in [-0.15, -0.1) is 0 Å². The average molecular weight is 272 g/mol. The molecule has 0 aliphatic carbocycles. The molecule has 3 N–H and O–H groups in total. The zero-order valence-electron chi connectivity index (χ0n) is 11.2. The minimum atomic E-state index is -0.893. The molecule has 2 amide bonds. The second-order valence-corrected chi connectivity index (χ2v) is 4.89. The molecular formula is C12H20N2O5. The predicted molar refractivity (Wildman–Crippen MR) is 66.1 cm³/mol. The molecule has 3 atom stereocenters. The van der Waals surface area contributed by atoms with E-state index in [4.69, 9.17) is 10.5 Å². The summed E-state index contributed by atoms with van der Waals surface area (Å²) in [5.74, 6) is -2.30. The monoisotopic (exact) mass is 272 g/mol. The summed E-state index contributed by atoms with van der Waals surface area (Å²) in [6.07, 6.45) is 0.219. The van der Waals surface area contributed by atoms with Crippen molar-refractivity contribution in [2.45, 2.75) is 26.3 Å². The number of piperidine rings is 1. The van der Waals surface area contributed by atoms with Crippen molar-refractivity contribution in [3.8, 4) is 0 Å². The highest BCUT2D eigenvalue weighted by molar-refractivity contribution is 5.81. The molecule has 1 fully saturated rings. The van der Waals surface area contributed by atoms with Crippen LogP contribution in [0.5, 0.6) is 0 Å². The second kappa shape index (κ2) is 6.51. The Bertz CT molecular complexity index is 371. The van der Waals surface area contributed by atoms with Gasteiger partial charge in [0.1, 0.15) is 6.61 Å². The highest BCUT2D eigenvalue weighted by Gasteiger charge is 2.41. The van der Waals surface area contributed by atoms with Crippen LogP contribution in [0.15, 0.2) is 0 Å². The van der Waals surface area contributed by atoms with Gasteiger partial charge >= 0.3 is 5.97 Å². The van der Waals surface area contributed by atoms with Gasteiger partial charge in [-0.2, -0.15) is 0 Å². The number of ether oxygens (including phenoxy) is 1. The summed E-state index contributed by atoms with van der Waals surface area (Å²) in [5, 5.41) is 9.20. The van der Waals surface area contributed by atoms with Gasteiger partial charge in [-0.05, 0) is 12.8 Å². The highest BCUT2D eigenvalue weighted by Crippen LogP contribution is 2.29. The molecule has 1 rings (SSSR count). The molecule has 0 radical (unpaired) electrons. The van der Waals surface area contributed by atoms with E-state index in [9.17, 15) is 19.5 Å². The van der Waals surface area contributed by atoms with Gasteiger partial charge in [0.2, 0.25) is 11.8 Å². The van der Waals surface area contributed by atoms with Crippen LogP contribution in [0.3, 0.4) is 0 Å². The van der Waals surface area contributed by atoms with Gasteiger partial charge in [0, 0.05) is 19.0 Å². The van der Waals surface area contributed by atoms with E-state index in [1.165, 1.54) is 4.90 Å². The topological polar surface area (TPSA) is 110 Å². The van der Waals surface area contributed by atoms with Crippen molar-refractivity contribution < 1.29 is 24.2 Å². The first-order valence-corrected chi connectivity index (χ1v) is 6.23. The first-order chi connectivity index (χ1) is 8.84. The van der Waals surface area contributed by atoms with E-state index in [0.717, 1.165) is 0 Å². The van der Waals surface area contributed by atoms with Crippen LogP contribution in [0.4, 0.5) is 0 Å². The maximum atomic E-state index is 11.9. The minimum absolute atomic E-state index is 0.0832. The zero-order chi connectivity index (χ0) is 14.6. The third kappa shape index (κ3) is 3.92. The molecule has 0 bridgehead atoms. The molecule has 108 valence electrons. The lowest BCUT2D eigenvalue weighted by atomic mass is 9.81. The van der Waals surface area contributed by atoms with Crippen molar-refractivity contribution in [3.63, 3.8) is 0 Å². The number of carbonyl (C=O) groups excluding carboxylic acids is 2. The van der Waals surface area contributed by atoms with E-state index in [1.54, 1.807) is 13.8 Å². The van der Waals surface area contributed by atoms with Gasteiger partial charge in [0.05, 0.1) is 12.5 Å². The summed E-state index contributed by atoms with van der Waals surface area (Å²) >= 11 is 0. The lowest BCUT2D eigenvalue weighted by molar-refractivity contribution is -0.155. The third-order valence-electron chi connectivity index (χ3n) is 3.45. The summed E-state index contributed by atoms with van der Waals surface area (Å²) in [7, 11) is 0. The Morgan fingerprint density at radius 2 is 2.11 bits per heavy atom. The molecule has 1 saturated heterocycles. The predicted octanol–water partition coefficient (Wildman–Crippen LogP) is -0.554. The van der Waals surface area contributed by atoms with E-state index in [-0.39, 0.29) is 44.0 Å². The molecule has 0 spiro atoms. The van der Waals surface area contributed by atoms with Gasteiger partial charge in [-0.1, -0.05) is 6.92 Å². The SMILES string of the molecule is CC1CC(=O)N(CCOCC(N)=O)C(C)C1C(=O)O. The number of primary amides is 1. The molecule has 7 nitrogen and oxygen atoms in total. The van der Waals surface area contributed by atoms with Crippen molar-refractivity contribution in [3.05, 3.63) is 0 Å². The summed E-state index contributed by atoms with van der Waals surface area (Å²) in [6.45, 7) is 3.73. The number of hydrogen-bond donors (Lipinski definition) is 2. The number of rotatable bonds is 6. The molecule has 1 aliphatic heterocycles. The van der Waals surface area contributed by atoms with Gasteiger partial charge in [0.15, 0.2) is 0 Å². The third-order valence-corrected chi connectivity index (χ3v) is 3.45. The number of hydrogen-bond acceptors (Lipinski definition) is 4. The van der Waals surface area contributed by atoms with E-state index in [2.05, 4.69) is 0 Å². The van der Waals surface area contributed by atoms with Crippen molar-refractivity contribution in [2.75, 3.05) is 19.8 Å². The number of carbonyl (C=O) groups is 3. The molecule has 19 heavy (non-hydrogen) atoms. The minimum Gasteiger partial charge on any atom is -0.481 e. The molecular weight excluding hydrogens is 252 g/mol. The Kier molecular flexibility index (Phi) is 5.29. The fraction of sp³-hybridized carbons (Fsp3) is 0.750. The van der Waals surface area contributed by atoms with Crippen molar-refractivity contribution in [1.82, 2.24) is 4.90 Å². The summed E-state index contributed by atoms with van der Waals surface area (Å²) < 4.78 is 5.00. The molecule has 0 aromatic heterocycles. The second-order valence-electron chi connectivity index (χ2n) is 4.89. The van der Waals surface area contributed by atoms with Crippen LogP contribution < -0.4 is 5.73 Å². The molecule has 1 heterocycles. The van der Waals surface area contributed by atoms with Crippen LogP contribution in [-0.2, 0) is 19.1 Å². The lowest BCUT2D eigenvalue weighted by Crippen LogP contribution is -2.53. The van der Waals surface area contributed by atoms with Crippen molar-refractivity contribution in [1.29, 1.82) is 0 Å². The van der Waals surface area contributed by atoms with Crippen LogP contribution in [0, 0.1) is 11.8 Å². The fourth-order valence-corrected chi connectivity index (χ4v) is 2.53. The quantitative estimate of drug-likeness (QED) is 0.630.